The number of ether oxygens (including phenoxy) is 2. The molecule has 30 heavy (non-hydrogen) atoms. The maximum atomic E-state index is 12.4. The number of rotatable bonds is 7. The van der Waals surface area contributed by atoms with Crippen LogP contribution in [0.5, 0.6) is 0 Å². The third-order valence-electron chi connectivity index (χ3n) is 4.17. The largest absolute Gasteiger partial charge is 0.462 e. The van der Waals surface area contributed by atoms with Gasteiger partial charge in [-0.15, -0.1) is 0 Å². The third kappa shape index (κ3) is 4.96. The lowest BCUT2D eigenvalue weighted by molar-refractivity contribution is -0.146. The summed E-state index contributed by atoms with van der Waals surface area (Å²) in [5.74, 6) is -1.49. The predicted molar refractivity (Wildman–Crippen MR) is 115 cm³/mol. The lowest BCUT2D eigenvalue weighted by Gasteiger charge is -2.06. The molecular formula is C23H21ClN2O4. The van der Waals surface area contributed by atoms with E-state index in [1.807, 2.05) is 42.5 Å². The molecule has 3 rings (SSSR count). The summed E-state index contributed by atoms with van der Waals surface area (Å²) in [5.41, 5.74) is 2.58. The van der Waals surface area contributed by atoms with Crippen LogP contribution in [0.2, 0.25) is 5.02 Å². The first-order valence-electron chi connectivity index (χ1n) is 9.50. The summed E-state index contributed by atoms with van der Waals surface area (Å²) < 4.78 is 11.8. The number of aromatic nitrogens is 2. The predicted octanol–water partition coefficient (Wildman–Crippen LogP) is 4.70. The van der Waals surface area contributed by atoms with E-state index < -0.39 is 11.9 Å². The van der Waals surface area contributed by atoms with E-state index in [9.17, 15) is 9.59 Å². The molecule has 0 radical (unpaired) electrons. The molecule has 0 atom stereocenters. The van der Waals surface area contributed by atoms with E-state index in [0.29, 0.717) is 16.3 Å². The van der Waals surface area contributed by atoms with E-state index in [0.717, 1.165) is 11.3 Å². The summed E-state index contributed by atoms with van der Waals surface area (Å²) in [6.45, 7) is 3.63. The van der Waals surface area contributed by atoms with Crippen molar-refractivity contribution in [2.24, 2.45) is 0 Å². The van der Waals surface area contributed by atoms with Gasteiger partial charge in [0.05, 0.1) is 24.6 Å². The van der Waals surface area contributed by atoms with Crippen LogP contribution in [-0.2, 0) is 19.1 Å². The van der Waals surface area contributed by atoms with Gasteiger partial charge in [0.1, 0.15) is 5.57 Å². The topological polar surface area (TPSA) is 70.4 Å². The van der Waals surface area contributed by atoms with Crippen molar-refractivity contribution in [1.29, 1.82) is 0 Å². The number of hydrogen-bond donors (Lipinski definition) is 0. The molecule has 0 aliphatic rings. The molecule has 0 spiro atoms. The zero-order valence-electron chi connectivity index (χ0n) is 16.7. The van der Waals surface area contributed by atoms with Gasteiger partial charge in [-0.05, 0) is 44.2 Å². The molecule has 0 amide bonds. The second-order valence-corrected chi connectivity index (χ2v) is 6.66. The lowest BCUT2D eigenvalue weighted by atomic mass is 10.1. The molecule has 7 heteroatoms. The molecule has 0 bridgehead atoms. The van der Waals surface area contributed by atoms with Gasteiger partial charge in [0.2, 0.25) is 0 Å². The number of hydrogen-bond acceptors (Lipinski definition) is 5. The number of esters is 2. The summed E-state index contributed by atoms with van der Waals surface area (Å²) in [7, 11) is 0. The minimum absolute atomic E-state index is 0.142. The van der Waals surface area contributed by atoms with Crippen LogP contribution < -0.4 is 0 Å². The Balaban J connectivity index is 2.15. The summed E-state index contributed by atoms with van der Waals surface area (Å²) >= 11 is 6.02. The Morgan fingerprint density at radius 2 is 1.57 bits per heavy atom. The standard InChI is InChI=1S/C23H21ClN2O4/c1-3-29-22(27)20(23(28)30-4-2)14-17-15-26(19-8-6-5-7-9-19)25-21(17)16-10-12-18(24)13-11-16/h5-15H,3-4H2,1-2H3. The van der Waals surface area contributed by atoms with Crippen LogP contribution in [-0.4, -0.2) is 34.9 Å². The molecule has 0 saturated carbocycles. The highest BCUT2D eigenvalue weighted by molar-refractivity contribution is 6.30. The highest BCUT2D eigenvalue weighted by atomic mass is 35.5. The minimum Gasteiger partial charge on any atom is -0.462 e. The van der Waals surface area contributed by atoms with Crippen molar-refractivity contribution < 1.29 is 19.1 Å². The van der Waals surface area contributed by atoms with Crippen molar-refractivity contribution in [3.63, 3.8) is 0 Å². The molecule has 3 aromatic rings. The minimum atomic E-state index is -0.745. The van der Waals surface area contributed by atoms with Gasteiger partial charge < -0.3 is 9.47 Å². The van der Waals surface area contributed by atoms with Gasteiger partial charge in [0.15, 0.2) is 0 Å². The molecule has 6 nitrogen and oxygen atoms in total. The van der Waals surface area contributed by atoms with Crippen molar-refractivity contribution in [2.75, 3.05) is 13.2 Å². The van der Waals surface area contributed by atoms with Crippen LogP contribution in [0.1, 0.15) is 19.4 Å². The molecule has 0 fully saturated rings. The maximum absolute atomic E-state index is 12.4. The average Bonchev–Trinajstić information content (AvgIpc) is 3.17. The average molecular weight is 425 g/mol. The maximum Gasteiger partial charge on any atom is 0.345 e. The van der Waals surface area contributed by atoms with E-state index in [-0.39, 0.29) is 18.8 Å². The van der Waals surface area contributed by atoms with Crippen LogP contribution in [0.15, 0.2) is 66.4 Å². The van der Waals surface area contributed by atoms with E-state index in [2.05, 4.69) is 5.10 Å². The van der Waals surface area contributed by atoms with Gasteiger partial charge in [-0.25, -0.2) is 14.3 Å². The van der Waals surface area contributed by atoms with Crippen molar-refractivity contribution in [1.82, 2.24) is 9.78 Å². The highest BCUT2D eigenvalue weighted by Gasteiger charge is 2.23. The van der Waals surface area contributed by atoms with Crippen molar-refractivity contribution >= 4 is 29.6 Å². The summed E-state index contributed by atoms with van der Waals surface area (Å²) in [6.07, 6.45) is 3.20. The Morgan fingerprint density at radius 1 is 0.967 bits per heavy atom. The van der Waals surface area contributed by atoms with Gasteiger partial charge in [0, 0.05) is 22.3 Å². The fourth-order valence-electron chi connectivity index (χ4n) is 2.81. The van der Waals surface area contributed by atoms with Gasteiger partial charge in [-0.2, -0.15) is 5.10 Å². The fraction of sp³-hybridized carbons (Fsp3) is 0.174. The molecular weight excluding hydrogens is 404 g/mol. The smallest absolute Gasteiger partial charge is 0.345 e. The second-order valence-electron chi connectivity index (χ2n) is 6.22. The summed E-state index contributed by atoms with van der Waals surface area (Å²) in [5, 5.41) is 5.26. The van der Waals surface area contributed by atoms with Crippen LogP contribution in [0.25, 0.3) is 23.0 Å². The van der Waals surface area contributed by atoms with Gasteiger partial charge in [-0.3, -0.25) is 0 Å². The number of carbonyl (C=O) groups excluding carboxylic acids is 2. The summed E-state index contributed by atoms with van der Waals surface area (Å²) in [6, 6.07) is 16.7. The Hall–Kier alpha value is -3.38. The lowest BCUT2D eigenvalue weighted by Crippen LogP contribution is -2.18. The quantitative estimate of drug-likeness (QED) is 0.238. The molecule has 0 N–H and O–H groups in total. The molecule has 0 aliphatic carbocycles. The number of para-hydroxylation sites is 1. The molecule has 0 aliphatic heterocycles. The molecule has 1 aromatic heterocycles. The summed E-state index contributed by atoms with van der Waals surface area (Å²) in [4.78, 5) is 24.8. The Labute approximate surface area is 179 Å². The van der Waals surface area contributed by atoms with Gasteiger partial charge in [-0.1, -0.05) is 41.9 Å². The number of halogens is 1. The zero-order chi connectivity index (χ0) is 21.5. The van der Waals surface area contributed by atoms with Crippen molar-refractivity contribution in [3.8, 4) is 16.9 Å². The molecule has 2 aromatic carbocycles. The normalized spacial score (nSPS) is 10.4. The van der Waals surface area contributed by atoms with E-state index in [1.165, 1.54) is 6.08 Å². The van der Waals surface area contributed by atoms with E-state index in [1.54, 1.807) is 36.9 Å². The second kappa shape index (κ2) is 9.89. The number of carbonyl (C=O) groups is 2. The first kappa shape index (κ1) is 21.3. The van der Waals surface area contributed by atoms with E-state index >= 15 is 0 Å². The SMILES string of the molecule is CCOC(=O)C(=Cc1cn(-c2ccccc2)nc1-c1ccc(Cl)cc1)C(=O)OCC. The van der Waals surface area contributed by atoms with Gasteiger partial charge in [0.25, 0.3) is 0 Å². The highest BCUT2D eigenvalue weighted by Crippen LogP contribution is 2.27. The monoisotopic (exact) mass is 424 g/mol. The molecule has 1 heterocycles. The van der Waals surface area contributed by atoms with Gasteiger partial charge >= 0.3 is 11.9 Å². The first-order chi connectivity index (χ1) is 14.5. The Kier molecular flexibility index (Phi) is 7.03. The molecule has 0 saturated heterocycles. The third-order valence-corrected chi connectivity index (χ3v) is 4.42. The molecule has 154 valence electrons. The number of benzene rings is 2. The van der Waals surface area contributed by atoms with Crippen LogP contribution >= 0.6 is 11.6 Å². The van der Waals surface area contributed by atoms with Crippen molar-refractivity contribution in [3.05, 3.63) is 77.0 Å². The first-order valence-corrected chi connectivity index (χ1v) is 9.88. The Morgan fingerprint density at radius 3 is 2.13 bits per heavy atom. The zero-order valence-corrected chi connectivity index (χ0v) is 17.4. The fourth-order valence-corrected chi connectivity index (χ4v) is 2.94. The Bertz CT molecular complexity index is 1040. The van der Waals surface area contributed by atoms with Crippen LogP contribution in [0.3, 0.4) is 0 Å². The van der Waals surface area contributed by atoms with E-state index in [4.69, 9.17) is 21.1 Å². The van der Waals surface area contributed by atoms with Crippen LogP contribution in [0, 0.1) is 0 Å². The van der Waals surface area contributed by atoms with Crippen molar-refractivity contribution in [2.45, 2.75) is 13.8 Å². The number of nitrogens with zero attached hydrogens (tertiary/aromatic N) is 2. The van der Waals surface area contributed by atoms with Crippen LogP contribution in [0.4, 0.5) is 0 Å². The molecule has 0 unspecified atom stereocenters.